The highest BCUT2D eigenvalue weighted by molar-refractivity contribution is 5.84. The van der Waals surface area contributed by atoms with Crippen molar-refractivity contribution >= 4 is 17.5 Å². The van der Waals surface area contributed by atoms with Gasteiger partial charge in [0.1, 0.15) is 17.7 Å². The van der Waals surface area contributed by atoms with Crippen LogP contribution in [0.5, 0.6) is 0 Å². The van der Waals surface area contributed by atoms with Gasteiger partial charge in [0, 0.05) is 13.6 Å². The third-order valence-electron chi connectivity index (χ3n) is 2.99. The van der Waals surface area contributed by atoms with Crippen molar-refractivity contribution in [1.29, 1.82) is 0 Å². The van der Waals surface area contributed by atoms with E-state index in [1.165, 1.54) is 6.20 Å². The fourth-order valence-corrected chi connectivity index (χ4v) is 2.15. The van der Waals surface area contributed by atoms with Crippen LogP contribution in [0.4, 0.5) is 11.6 Å². The van der Waals surface area contributed by atoms with Gasteiger partial charge < -0.3 is 16.0 Å². The number of nitrogens with zero attached hydrogens (tertiary/aromatic N) is 3. The third kappa shape index (κ3) is 2.46. The van der Waals surface area contributed by atoms with Gasteiger partial charge in [-0.05, 0) is 19.3 Å². The summed E-state index contributed by atoms with van der Waals surface area (Å²) < 4.78 is 0. The molecule has 17 heavy (non-hydrogen) atoms. The lowest BCUT2D eigenvalue weighted by molar-refractivity contribution is -0.122. The van der Waals surface area contributed by atoms with Gasteiger partial charge in [-0.2, -0.15) is 0 Å². The Labute approximate surface area is 100 Å². The Hall–Kier alpha value is -1.85. The molecule has 1 fully saturated rings. The number of hydrogen-bond acceptors (Lipinski definition) is 5. The van der Waals surface area contributed by atoms with Crippen LogP contribution >= 0.6 is 0 Å². The Morgan fingerprint density at radius 3 is 3.06 bits per heavy atom. The number of nitrogens with two attached hydrogens (primary N) is 1. The van der Waals surface area contributed by atoms with E-state index in [0.29, 0.717) is 11.6 Å². The zero-order valence-electron chi connectivity index (χ0n) is 9.89. The van der Waals surface area contributed by atoms with E-state index in [2.05, 4.69) is 15.3 Å². The quantitative estimate of drug-likeness (QED) is 0.763. The second-order valence-corrected chi connectivity index (χ2v) is 4.12. The Kier molecular flexibility index (Phi) is 3.41. The van der Waals surface area contributed by atoms with Gasteiger partial charge in [-0.1, -0.05) is 0 Å². The summed E-state index contributed by atoms with van der Waals surface area (Å²) in [5.41, 5.74) is 5.62. The molecule has 0 radical (unpaired) electrons. The number of likely N-dealkylation sites (N-methyl/N-ethyl adjacent to an activating group) is 1. The molecule has 3 N–H and O–H groups in total. The number of nitrogens with one attached hydrogen (secondary N) is 1. The van der Waals surface area contributed by atoms with E-state index < -0.39 is 0 Å². The van der Waals surface area contributed by atoms with Crippen LogP contribution in [-0.4, -0.2) is 35.5 Å². The van der Waals surface area contributed by atoms with Gasteiger partial charge in [-0.15, -0.1) is 0 Å². The number of amides is 1. The summed E-state index contributed by atoms with van der Waals surface area (Å²) in [6.07, 6.45) is 6.12. The number of anilines is 2. The molecule has 92 valence electrons. The number of piperidine rings is 1. The summed E-state index contributed by atoms with van der Waals surface area (Å²) in [5, 5.41) is 2.69. The van der Waals surface area contributed by atoms with Gasteiger partial charge in [0.15, 0.2) is 0 Å². The zero-order valence-corrected chi connectivity index (χ0v) is 9.89. The van der Waals surface area contributed by atoms with Crippen molar-refractivity contribution in [2.75, 3.05) is 24.2 Å². The molecule has 2 heterocycles. The van der Waals surface area contributed by atoms with Crippen molar-refractivity contribution in [2.45, 2.75) is 25.3 Å². The molecule has 0 bridgehead atoms. The van der Waals surface area contributed by atoms with E-state index in [0.717, 1.165) is 25.8 Å². The molecule has 0 aromatic carbocycles. The maximum Gasteiger partial charge on any atom is 0.242 e. The lowest BCUT2D eigenvalue weighted by Gasteiger charge is -2.35. The van der Waals surface area contributed by atoms with Crippen LogP contribution in [0.25, 0.3) is 0 Å². The largest absolute Gasteiger partial charge is 0.382 e. The summed E-state index contributed by atoms with van der Waals surface area (Å²) in [7, 11) is 1.65. The summed E-state index contributed by atoms with van der Waals surface area (Å²) in [6.45, 7) is 0.816. The molecule has 1 amide bonds. The summed E-state index contributed by atoms with van der Waals surface area (Å²) in [5.74, 6) is 1.08. The summed E-state index contributed by atoms with van der Waals surface area (Å²) >= 11 is 0. The lowest BCUT2D eigenvalue weighted by Crippen LogP contribution is -2.49. The minimum absolute atomic E-state index is 0.0222. The zero-order chi connectivity index (χ0) is 12.3. The van der Waals surface area contributed by atoms with Crippen molar-refractivity contribution < 1.29 is 4.79 Å². The molecule has 2 rings (SSSR count). The van der Waals surface area contributed by atoms with Crippen LogP contribution in [0.15, 0.2) is 12.4 Å². The number of carbonyl (C=O) groups is 1. The van der Waals surface area contributed by atoms with Crippen LogP contribution in [-0.2, 0) is 4.79 Å². The van der Waals surface area contributed by atoms with Crippen molar-refractivity contribution in [2.24, 2.45) is 0 Å². The predicted octanol–water partition coefficient (Wildman–Crippen LogP) is 0.164. The summed E-state index contributed by atoms with van der Waals surface area (Å²) in [4.78, 5) is 22.0. The van der Waals surface area contributed by atoms with Gasteiger partial charge in [0.05, 0.1) is 12.4 Å². The Morgan fingerprint density at radius 1 is 1.53 bits per heavy atom. The molecule has 1 atom stereocenters. The molecular weight excluding hydrogens is 218 g/mol. The Morgan fingerprint density at radius 2 is 2.35 bits per heavy atom. The maximum atomic E-state index is 11.8. The first-order valence-electron chi connectivity index (χ1n) is 5.78. The average molecular weight is 235 g/mol. The number of aromatic nitrogens is 2. The molecule has 0 aliphatic carbocycles. The molecule has 0 saturated carbocycles. The lowest BCUT2D eigenvalue weighted by atomic mass is 10.0. The molecule has 0 spiro atoms. The topological polar surface area (TPSA) is 84.1 Å². The van der Waals surface area contributed by atoms with Crippen LogP contribution in [0, 0.1) is 0 Å². The number of carbonyl (C=O) groups excluding carboxylic acids is 1. The highest BCUT2D eigenvalue weighted by Crippen LogP contribution is 2.23. The van der Waals surface area contributed by atoms with Crippen molar-refractivity contribution in [3.8, 4) is 0 Å². The number of rotatable bonds is 2. The molecule has 1 unspecified atom stereocenters. The number of hydrogen-bond donors (Lipinski definition) is 2. The van der Waals surface area contributed by atoms with Gasteiger partial charge in [-0.3, -0.25) is 9.78 Å². The van der Waals surface area contributed by atoms with Crippen LogP contribution in [0.1, 0.15) is 19.3 Å². The minimum Gasteiger partial charge on any atom is -0.382 e. The monoisotopic (exact) mass is 235 g/mol. The molecule has 6 heteroatoms. The first kappa shape index (κ1) is 11.6. The van der Waals surface area contributed by atoms with Gasteiger partial charge in [0.25, 0.3) is 0 Å². The SMILES string of the molecule is CNC(=O)C1CCCCN1c1cncc(N)n1. The molecular formula is C11H17N5O. The van der Waals surface area contributed by atoms with Crippen LogP contribution in [0.2, 0.25) is 0 Å². The second kappa shape index (κ2) is 4.99. The highest BCUT2D eigenvalue weighted by Gasteiger charge is 2.29. The van der Waals surface area contributed by atoms with Crippen molar-refractivity contribution in [3.05, 3.63) is 12.4 Å². The Balaban J connectivity index is 2.24. The van der Waals surface area contributed by atoms with Gasteiger partial charge in [-0.25, -0.2) is 4.98 Å². The smallest absolute Gasteiger partial charge is 0.242 e. The average Bonchev–Trinajstić information content (AvgIpc) is 2.38. The van der Waals surface area contributed by atoms with Crippen molar-refractivity contribution in [3.63, 3.8) is 0 Å². The molecule has 1 aliphatic heterocycles. The normalized spacial score (nSPS) is 20.1. The second-order valence-electron chi connectivity index (χ2n) is 4.12. The molecule has 1 saturated heterocycles. The van der Waals surface area contributed by atoms with E-state index in [1.54, 1.807) is 13.2 Å². The van der Waals surface area contributed by atoms with E-state index in [1.807, 2.05) is 4.90 Å². The first-order chi connectivity index (χ1) is 8.22. The maximum absolute atomic E-state index is 11.8. The predicted molar refractivity (Wildman–Crippen MR) is 65.5 cm³/mol. The number of nitrogen functional groups attached to an aromatic ring is 1. The standard InChI is InChI=1S/C11H17N5O/c1-13-11(17)8-4-2-3-5-16(8)10-7-14-6-9(12)15-10/h6-8H,2-5H2,1H3,(H2,12,15)(H,13,17). The molecule has 1 aromatic rings. The fraction of sp³-hybridized carbons (Fsp3) is 0.545. The van der Waals surface area contributed by atoms with E-state index in [-0.39, 0.29) is 11.9 Å². The molecule has 1 aliphatic rings. The highest BCUT2D eigenvalue weighted by atomic mass is 16.2. The van der Waals surface area contributed by atoms with Gasteiger partial charge >= 0.3 is 0 Å². The third-order valence-corrected chi connectivity index (χ3v) is 2.99. The van der Waals surface area contributed by atoms with E-state index >= 15 is 0 Å². The van der Waals surface area contributed by atoms with Crippen LogP contribution in [0.3, 0.4) is 0 Å². The van der Waals surface area contributed by atoms with Crippen molar-refractivity contribution in [1.82, 2.24) is 15.3 Å². The van der Waals surface area contributed by atoms with Gasteiger partial charge in [0.2, 0.25) is 5.91 Å². The fourth-order valence-electron chi connectivity index (χ4n) is 2.15. The minimum atomic E-state index is -0.162. The van der Waals surface area contributed by atoms with E-state index in [4.69, 9.17) is 5.73 Å². The first-order valence-corrected chi connectivity index (χ1v) is 5.78. The molecule has 1 aromatic heterocycles. The molecule has 6 nitrogen and oxygen atoms in total. The Bertz CT molecular complexity index is 409. The van der Waals surface area contributed by atoms with Crippen LogP contribution < -0.4 is 16.0 Å². The van der Waals surface area contributed by atoms with E-state index in [9.17, 15) is 4.79 Å². The summed E-state index contributed by atoms with van der Waals surface area (Å²) in [6, 6.07) is -0.162.